The molecule has 2 rings (SSSR count). The molecule has 0 heterocycles. The highest BCUT2D eigenvalue weighted by Gasteiger charge is 2.42. The highest BCUT2D eigenvalue weighted by Crippen LogP contribution is 2.30. The molecule has 0 N–H and O–H groups in total. The number of esters is 1. The molecule has 0 atom stereocenters. The monoisotopic (exact) mass is 384 g/mol. The molecule has 5 nitrogen and oxygen atoms in total. The van der Waals surface area contributed by atoms with Gasteiger partial charge in [-0.15, -0.1) is 0 Å². The third-order valence-corrected chi connectivity index (χ3v) is 4.95. The van der Waals surface area contributed by atoms with Crippen LogP contribution in [0.15, 0.2) is 42.5 Å². The van der Waals surface area contributed by atoms with E-state index in [2.05, 4.69) is 8.92 Å². The number of carbonyl (C=O) groups is 1. The van der Waals surface area contributed by atoms with Crippen molar-refractivity contribution >= 4 is 16.1 Å². The van der Waals surface area contributed by atoms with Crippen molar-refractivity contribution in [3.8, 4) is 16.9 Å². The van der Waals surface area contributed by atoms with Gasteiger partial charge in [-0.3, -0.25) is 4.79 Å². The second-order valence-corrected chi connectivity index (χ2v) is 7.57. The molecule has 26 heavy (non-hydrogen) atoms. The Balaban J connectivity index is 2.23. The lowest BCUT2D eigenvalue weighted by Gasteiger charge is -2.14. The number of hydrogen-bond acceptors (Lipinski definition) is 5. The van der Waals surface area contributed by atoms with Gasteiger partial charge in [0.15, 0.2) is 0 Å². The summed E-state index contributed by atoms with van der Waals surface area (Å²) in [4.78, 5) is 11.3. The maximum atomic E-state index is 13.1. The van der Waals surface area contributed by atoms with E-state index in [0.717, 1.165) is 16.7 Å². The van der Waals surface area contributed by atoms with E-state index in [1.54, 1.807) is 43.3 Å². The molecule has 0 radical (unpaired) electrons. The highest BCUT2D eigenvalue weighted by atomic mass is 32.2. The zero-order valence-electron chi connectivity index (χ0n) is 14.5. The zero-order valence-corrected chi connectivity index (χ0v) is 15.3. The molecule has 0 aliphatic heterocycles. The lowest BCUT2D eigenvalue weighted by Crippen LogP contribution is -2.29. The maximum absolute atomic E-state index is 13.1. The first-order valence-corrected chi connectivity index (χ1v) is 9.03. The summed E-state index contributed by atoms with van der Waals surface area (Å²) in [6, 6.07) is 11.7. The number of alkyl halides is 2. The molecule has 0 spiro atoms. The molecule has 2 aromatic rings. The lowest BCUT2D eigenvalue weighted by molar-refractivity contribution is -0.139. The van der Waals surface area contributed by atoms with Crippen LogP contribution in [0.5, 0.6) is 5.75 Å². The first kappa shape index (κ1) is 19.8. The largest absolute Gasteiger partial charge is 0.469 e. The number of rotatable bonds is 6. The minimum atomic E-state index is -5.05. The summed E-state index contributed by atoms with van der Waals surface area (Å²) in [6.07, 6.45) is 0.158. The number of ether oxygens (including phenoxy) is 1. The fraction of sp³-hybridized carbons (Fsp3) is 0.278. The van der Waals surface area contributed by atoms with E-state index in [0.29, 0.717) is 5.56 Å². The van der Waals surface area contributed by atoms with Gasteiger partial charge < -0.3 is 8.92 Å². The Bertz CT molecular complexity index is 900. The molecule has 8 heteroatoms. The van der Waals surface area contributed by atoms with E-state index in [4.69, 9.17) is 0 Å². The van der Waals surface area contributed by atoms with Gasteiger partial charge in [-0.25, -0.2) is 0 Å². The molecule has 0 saturated heterocycles. The fourth-order valence-corrected chi connectivity index (χ4v) is 2.74. The van der Waals surface area contributed by atoms with Crippen molar-refractivity contribution in [3.05, 3.63) is 53.6 Å². The summed E-state index contributed by atoms with van der Waals surface area (Å²) in [5, 5.41) is -3.99. The van der Waals surface area contributed by atoms with Crippen molar-refractivity contribution in [1.82, 2.24) is 0 Å². The molecule has 0 aliphatic carbocycles. The van der Waals surface area contributed by atoms with Crippen LogP contribution in [0.4, 0.5) is 8.78 Å². The number of methoxy groups -OCH3 is 1. The second-order valence-electron chi connectivity index (χ2n) is 5.78. The predicted octanol–water partition coefficient (Wildman–Crippen LogP) is 3.70. The molecule has 0 fully saturated rings. The van der Waals surface area contributed by atoms with Crippen molar-refractivity contribution in [2.24, 2.45) is 0 Å². The van der Waals surface area contributed by atoms with Crippen molar-refractivity contribution in [2.75, 3.05) is 7.11 Å². The van der Waals surface area contributed by atoms with Gasteiger partial charge >= 0.3 is 21.3 Å². The van der Waals surface area contributed by atoms with E-state index in [1.165, 1.54) is 13.2 Å². The average Bonchev–Trinajstić information content (AvgIpc) is 2.56. The minimum absolute atomic E-state index is 0.155. The van der Waals surface area contributed by atoms with Crippen molar-refractivity contribution < 1.29 is 30.9 Å². The maximum Gasteiger partial charge on any atom is 0.377 e. The van der Waals surface area contributed by atoms with Crippen LogP contribution in [0.3, 0.4) is 0 Å². The van der Waals surface area contributed by atoms with E-state index >= 15 is 0 Å². The van der Waals surface area contributed by atoms with Crippen molar-refractivity contribution in [3.63, 3.8) is 0 Å². The van der Waals surface area contributed by atoms with Gasteiger partial charge in [0.25, 0.3) is 0 Å². The van der Waals surface area contributed by atoms with Gasteiger partial charge in [0, 0.05) is 6.92 Å². The van der Waals surface area contributed by atoms with Gasteiger partial charge in [-0.2, -0.15) is 17.2 Å². The highest BCUT2D eigenvalue weighted by molar-refractivity contribution is 7.88. The Morgan fingerprint density at radius 2 is 1.65 bits per heavy atom. The third kappa shape index (κ3) is 4.57. The van der Waals surface area contributed by atoms with E-state index in [9.17, 15) is 22.0 Å². The first-order valence-electron chi connectivity index (χ1n) is 7.62. The first-order chi connectivity index (χ1) is 12.0. The van der Waals surface area contributed by atoms with Gasteiger partial charge in [-0.1, -0.05) is 30.3 Å². The Kier molecular flexibility index (Phi) is 5.65. The Labute approximate surface area is 150 Å². The Hall–Kier alpha value is -2.48. The summed E-state index contributed by atoms with van der Waals surface area (Å²) < 4.78 is 58.2. The topological polar surface area (TPSA) is 69.7 Å². The van der Waals surface area contributed by atoms with E-state index in [1.807, 2.05) is 0 Å². The van der Waals surface area contributed by atoms with Crippen LogP contribution in [0.2, 0.25) is 0 Å². The standard InChI is InChI=1S/C18H18F2O5S/c1-12-10-15(8-9-16(12)25-26(22,23)18(2,19)20)14-6-4-13(5-7-14)11-17(21)24-3/h4-10H,11H2,1-3H3. The summed E-state index contributed by atoms with van der Waals surface area (Å²) in [7, 11) is -3.73. The number of benzene rings is 2. The van der Waals surface area contributed by atoms with Crippen LogP contribution < -0.4 is 4.18 Å². The molecule has 0 aromatic heterocycles. The Morgan fingerprint density at radius 3 is 2.15 bits per heavy atom. The SMILES string of the molecule is COC(=O)Cc1ccc(-c2ccc(OS(=O)(=O)C(C)(F)F)c(C)c2)cc1. The molecule has 140 valence electrons. The number of aryl methyl sites for hydroxylation is 1. The van der Waals surface area contributed by atoms with Crippen molar-refractivity contribution in [1.29, 1.82) is 0 Å². The molecule has 0 saturated carbocycles. The molecular weight excluding hydrogens is 366 g/mol. The molecule has 0 amide bonds. The lowest BCUT2D eigenvalue weighted by atomic mass is 10.0. The summed E-state index contributed by atoms with van der Waals surface area (Å²) >= 11 is 0. The minimum Gasteiger partial charge on any atom is -0.469 e. The zero-order chi connectivity index (χ0) is 19.5. The van der Waals surface area contributed by atoms with Crippen molar-refractivity contribution in [2.45, 2.75) is 25.5 Å². The van der Waals surface area contributed by atoms with Crippen LogP contribution in [0.25, 0.3) is 11.1 Å². The van der Waals surface area contributed by atoms with Gasteiger partial charge in [0.1, 0.15) is 5.75 Å². The summed E-state index contributed by atoms with van der Waals surface area (Å²) in [6.45, 7) is 1.83. The van der Waals surface area contributed by atoms with Gasteiger partial charge in [0.2, 0.25) is 0 Å². The van der Waals surface area contributed by atoms with Crippen LogP contribution in [0, 0.1) is 6.92 Å². The Morgan fingerprint density at radius 1 is 1.08 bits per heavy atom. The van der Waals surface area contributed by atoms with Crippen LogP contribution in [0.1, 0.15) is 18.1 Å². The molecule has 2 aromatic carbocycles. The molecular formula is C18H18F2O5S. The molecule has 0 unspecified atom stereocenters. The van der Waals surface area contributed by atoms with E-state index < -0.39 is 15.4 Å². The van der Waals surface area contributed by atoms with Crippen LogP contribution in [-0.2, 0) is 26.1 Å². The smallest absolute Gasteiger partial charge is 0.377 e. The van der Waals surface area contributed by atoms with Crippen LogP contribution >= 0.6 is 0 Å². The number of hydrogen-bond donors (Lipinski definition) is 0. The van der Waals surface area contributed by atoms with Gasteiger partial charge in [0.05, 0.1) is 13.5 Å². The quantitative estimate of drug-likeness (QED) is 0.561. The number of carbonyl (C=O) groups excluding carboxylic acids is 1. The summed E-state index contributed by atoms with van der Waals surface area (Å²) in [5.41, 5.74) is 2.75. The average molecular weight is 384 g/mol. The summed E-state index contributed by atoms with van der Waals surface area (Å²) in [5.74, 6) is -0.499. The molecule has 0 aliphatic rings. The second kappa shape index (κ2) is 7.41. The number of halogens is 2. The van der Waals surface area contributed by atoms with Gasteiger partial charge in [-0.05, 0) is 41.3 Å². The molecule has 0 bridgehead atoms. The van der Waals surface area contributed by atoms with Crippen LogP contribution in [-0.4, -0.2) is 26.8 Å². The predicted molar refractivity (Wildman–Crippen MR) is 92.5 cm³/mol. The van der Waals surface area contributed by atoms with E-state index in [-0.39, 0.29) is 25.1 Å². The fourth-order valence-electron chi connectivity index (χ4n) is 2.17. The third-order valence-electron chi connectivity index (χ3n) is 3.68. The normalized spacial score (nSPS) is 11.9.